The molecule has 0 atom stereocenters. The van der Waals surface area contributed by atoms with Crippen LogP contribution < -0.4 is 5.56 Å². The molecule has 1 heterocycles. The Bertz CT molecular complexity index is 490. The minimum absolute atomic E-state index is 0.203. The van der Waals surface area contributed by atoms with Crippen molar-refractivity contribution in [1.29, 1.82) is 0 Å². The Hall–Kier alpha value is -1.62. The lowest BCUT2D eigenvalue weighted by atomic mass is 10.1. The van der Waals surface area contributed by atoms with E-state index < -0.39 is 5.97 Å². The molecule has 0 radical (unpaired) electrons. The molecule has 0 aliphatic carbocycles. The van der Waals surface area contributed by atoms with Crippen LogP contribution in [0.25, 0.3) is 0 Å². The molecule has 18 heavy (non-hydrogen) atoms. The molecular formula is C13H19NO4. The van der Waals surface area contributed by atoms with Gasteiger partial charge in [-0.25, -0.2) is 0 Å². The highest BCUT2D eigenvalue weighted by Gasteiger charge is 2.13. The van der Waals surface area contributed by atoms with Crippen LogP contribution in [-0.4, -0.2) is 29.4 Å². The standard InChI is InChI=1S/C13H19NO4/c1-9-7-10(2)14(5-4-6-18-3)13(17)11(9)8-12(15)16/h7H,4-6,8H2,1-3H3,(H,15,16). The van der Waals surface area contributed by atoms with Crippen molar-refractivity contribution in [3.8, 4) is 0 Å². The molecule has 0 spiro atoms. The maximum Gasteiger partial charge on any atom is 0.308 e. The number of methoxy groups -OCH3 is 1. The fourth-order valence-corrected chi connectivity index (χ4v) is 1.98. The number of aromatic nitrogens is 1. The summed E-state index contributed by atoms with van der Waals surface area (Å²) in [5.41, 5.74) is 1.75. The van der Waals surface area contributed by atoms with Crippen molar-refractivity contribution in [1.82, 2.24) is 4.57 Å². The summed E-state index contributed by atoms with van der Waals surface area (Å²) in [4.78, 5) is 23.0. The van der Waals surface area contributed by atoms with E-state index in [1.165, 1.54) is 0 Å². The Morgan fingerprint density at radius 1 is 1.44 bits per heavy atom. The van der Waals surface area contributed by atoms with Crippen LogP contribution in [0.15, 0.2) is 10.9 Å². The van der Waals surface area contributed by atoms with E-state index in [9.17, 15) is 9.59 Å². The van der Waals surface area contributed by atoms with Gasteiger partial charge in [0.15, 0.2) is 0 Å². The quantitative estimate of drug-likeness (QED) is 0.772. The van der Waals surface area contributed by atoms with Crippen LogP contribution in [0.1, 0.15) is 23.2 Å². The first-order valence-corrected chi connectivity index (χ1v) is 5.88. The number of aryl methyl sites for hydroxylation is 2. The van der Waals surface area contributed by atoms with Gasteiger partial charge in [-0.15, -0.1) is 0 Å². The van der Waals surface area contributed by atoms with Crippen molar-refractivity contribution >= 4 is 5.97 Å². The van der Waals surface area contributed by atoms with Crippen LogP contribution in [0.3, 0.4) is 0 Å². The predicted molar refractivity (Wildman–Crippen MR) is 68.0 cm³/mol. The van der Waals surface area contributed by atoms with E-state index in [4.69, 9.17) is 9.84 Å². The van der Waals surface area contributed by atoms with Crippen LogP contribution in [0.5, 0.6) is 0 Å². The number of ether oxygens (including phenoxy) is 1. The molecule has 0 fully saturated rings. The van der Waals surface area contributed by atoms with E-state index in [0.29, 0.717) is 18.7 Å². The third-order valence-corrected chi connectivity index (χ3v) is 2.89. The third kappa shape index (κ3) is 3.43. The topological polar surface area (TPSA) is 68.5 Å². The zero-order valence-electron chi connectivity index (χ0n) is 11.0. The number of pyridine rings is 1. The Balaban J connectivity index is 3.10. The summed E-state index contributed by atoms with van der Waals surface area (Å²) in [5.74, 6) is -0.984. The van der Waals surface area contributed by atoms with Gasteiger partial charge in [-0.2, -0.15) is 0 Å². The summed E-state index contributed by atoms with van der Waals surface area (Å²) in [6, 6.07) is 1.85. The number of hydrogen-bond acceptors (Lipinski definition) is 3. The van der Waals surface area contributed by atoms with Gasteiger partial charge in [0.2, 0.25) is 0 Å². The lowest BCUT2D eigenvalue weighted by Crippen LogP contribution is -2.28. The normalized spacial score (nSPS) is 10.6. The molecular weight excluding hydrogens is 234 g/mol. The van der Waals surface area contributed by atoms with E-state index >= 15 is 0 Å². The highest BCUT2D eigenvalue weighted by atomic mass is 16.5. The lowest BCUT2D eigenvalue weighted by Gasteiger charge is -2.13. The van der Waals surface area contributed by atoms with E-state index in [1.54, 1.807) is 18.6 Å². The first-order chi connectivity index (χ1) is 8.47. The second-order valence-electron chi connectivity index (χ2n) is 4.32. The molecule has 0 saturated heterocycles. The predicted octanol–water partition coefficient (Wildman–Crippen LogP) is 1.13. The van der Waals surface area contributed by atoms with Crippen LogP contribution >= 0.6 is 0 Å². The van der Waals surface area contributed by atoms with Gasteiger partial charge in [-0.05, 0) is 31.9 Å². The van der Waals surface area contributed by atoms with E-state index in [2.05, 4.69) is 0 Å². The Morgan fingerprint density at radius 3 is 2.67 bits per heavy atom. The minimum atomic E-state index is -0.984. The van der Waals surface area contributed by atoms with Gasteiger partial charge in [0, 0.05) is 31.5 Å². The van der Waals surface area contributed by atoms with Crippen molar-refractivity contribution in [3.05, 3.63) is 33.2 Å². The van der Waals surface area contributed by atoms with Gasteiger partial charge in [-0.1, -0.05) is 0 Å². The zero-order chi connectivity index (χ0) is 13.7. The van der Waals surface area contributed by atoms with Gasteiger partial charge in [0.1, 0.15) is 0 Å². The monoisotopic (exact) mass is 253 g/mol. The zero-order valence-corrected chi connectivity index (χ0v) is 11.0. The van der Waals surface area contributed by atoms with Crippen LogP contribution in [0.4, 0.5) is 0 Å². The fraction of sp³-hybridized carbons (Fsp3) is 0.538. The van der Waals surface area contributed by atoms with Gasteiger partial charge in [0.05, 0.1) is 6.42 Å². The van der Waals surface area contributed by atoms with Gasteiger partial charge in [0.25, 0.3) is 5.56 Å². The summed E-state index contributed by atoms with van der Waals surface area (Å²) in [6.45, 7) is 4.75. The number of nitrogens with zero attached hydrogens (tertiary/aromatic N) is 1. The molecule has 0 amide bonds. The SMILES string of the molecule is COCCCn1c(C)cc(C)c(CC(=O)O)c1=O. The largest absolute Gasteiger partial charge is 0.481 e. The molecule has 100 valence electrons. The van der Waals surface area contributed by atoms with Crippen molar-refractivity contribution in [2.24, 2.45) is 0 Å². The average molecular weight is 253 g/mol. The molecule has 5 heteroatoms. The van der Waals surface area contributed by atoms with Crippen molar-refractivity contribution in [2.75, 3.05) is 13.7 Å². The number of carbonyl (C=O) groups is 1. The summed E-state index contributed by atoms with van der Waals surface area (Å²) in [6.07, 6.45) is 0.502. The first kappa shape index (κ1) is 14.4. The molecule has 0 bridgehead atoms. The Kier molecular flexibility index (Phi) is 5.09. The number of carboxylic acid groups (broad SMARTS) is 1. The summed E-state index contributed by atoms with van der Waals surface area (Å²) < 4.78 is 6.57. The summed E-state index contributed by atoms with van der Waals surface area (Å²) >= 11 is 0. The number of hydrogen-bond donors (Lipinski definition) is 1. The maximum absolute atomic E-state index is 12.2. The molecule has 1 aromatic heterocycles. The first-order valence-electron chi connectivity index (χ1n) is 5.88. The van der Waals surface area contributed by atoms with Crippen LogP contribution in [0.2, 0.25) is 0 Å². The van der Waals surface area contributed by atoms with Gasteiger partial charge < -0.3 is 14.4 Å². The minimum Gasteiger partial charge on any atom is -0.481 e. The molecule has 1 aromatic rings. The van der Waals surface area contributed by atoms with E-state index in [-0.39, 0.29) is 12.0 Å². The van der Waals surface area contributed by atoms with Gasteiger partial charge >= 0.3 is 5.97 Å². The number of rotatable bonds is 6. The van der Waals surface area contributed by atoms with Gasteiger partial charge in [-0.3, -0.25) is 9.59 Å². The molecule has 0 unspecified atom stereocenters. The van der Waals surface area contributed by atoms with E-state index in [1.807, 2.05) is 13.0 Å². The molecule has 0 saturated carbocycles. The molecule has 0 aliphatic heterocycles. The van der Waals surface area contributed by atoms with Crippen molar-refractivity contribution < 1.29 is 14.6 Å². The van der Waals surface area contributed by atoms with Crippen molar-refractivity contribution in [3.63, 3.8) is 0 Å². The fourth-order valence-electron chi connectivity index (χ4n) is 1.98. The van der Waals surface area contributed by atoms with Crippen LogP contribution in [0, 0.1) is 13.8 Å². The smallest absolute Gasteiger partial charge is 0.308 e. The second kappa shape index (κ2) is 6.35. The Morgan fingerprint density at radius 2 is 2.11 bits per heavy atom. The lowest BCUT2D eigenvalue weighted by molar-refractivity contribution is -0.136. The summed E-state index contributed by atoms with van der Waals surface area (Å²) in [7, 11) is 1.61. The maximum atomic E-state index is 12.2. The molecule has 1 rings (SSSR count). The highest BCUT2D eigenvalue weighted by molar-refractivity contribution is 5.70. The number of carboxylic acids is 1. The second-order valence-corrected chi connectivity index (χ2v) is 4.32. The Labute approximate surface area is 106 Å². The van der Waals surface area contributed by atoms with Crippen LogP contribution in [-0.2, 0) is 22.5 Å². The number of aliphatic carboxylic acids is 1. The summed E-state index contributed by atoms with van der Waals surface area (Å²) in [5, 5.41) is 8.82. The average Bonchev–Trinajstić information content (AvgIpc) is 2.28. The molecule has 5 nitrogen and oxygen atoms in total. The van der Waals surface area contributed by atoms with E-state index in [0.717, 1.165) is 17.7 Å². The molecule has 1 N–H and O–H groups in total. The van der Waals surface area contributed by atoms with Crippen molar-refractivity contribution in [2.45, 2.75) is 33.2 Å². The molecule has 0 aromatic carbocycles. The third-order valence-electron chi connectivity index (χ3n) is 2.89. The highest BCUT2D eigenvalue weighted by Crippen LogP contribution is 2.08. The molecule has 0 aliphatic rings.